The average Bonchev–Trinajstić information content (AvgIpc) is 2.64. The van der Waals surface area contributed by atoms with Crippen LogP contribution in [-0.4, -0.2) is 22.4 Å². The van der Waals surface area contributed by atoms with Gasteiger partial charge in [0.1, 0.15) is 6.61 Å². The number of hydrogen-bond donors (Lipinski definition) is 2. The Bertz CT molecular complexity index is 878. The fourth-order valence-corrected chi connectivity index (χ4v) is 3.79. The van der Waals surface area contributed by atoms with Crippen LogP contribution < -0.4 is 0 Å². The van der Waals surface area contributed by atoms with Gasteiger partial charge in [0.25, 0.3) is 0 Å². The van der Waals surface area contributed by atoms with Crippen molar-refractivity contribution in [2.24, 2.45) is 5.41 Å². The fraction of sp³-hybridized carbons (Fsp3) is 0.458. The van der Waals surface area contributed by atoms with E-state index >= 15 is 0 Å². The van der Waals surface area contributed by atoms with Crippen molar-refractivity contribution in [2.45, 2.75) is 60.8 Å². The van der Waals surface area contributed by atoms with E-state index in [4.69, 9.17) is 14.5 Å². The number of rotatable bonds is 9. The highest BCUT2D eigenvalue weighted by Crippen LogP contribution is 2.41. The minimum Gasteiger partial charge on any atom is -0.456 e. The fourth-order valence-electron chi connectivity index (χ4n) is 3.36. The van der Waals surface area contributed by atoms with E-state index in [0.29, 0.717) is 0 Å². The third-order valence-electron chi connectivity index (χ3n) is 5.07. The largest absolute Gasteiger partial charge is 0.525 e. The maximum atomic E-state index is 11.8. The van der Waals surface area contributed by atoms with Gasteiger partial charge < -0.3 is 9.26 Å². The van der Waals surface area contributed by atoms with Gasteiger partial charge in [-0.15, -0.1) is 0 Å². The van der Waals surface area contributed by atoms with Gasteiger partial charge in [-0.2, -0.15) is 0 Å². The third kappa shape index (κ3) is 10.1. The molecule has 0 bridgehead atoms. The van der Waals surface area contributed by atoms with E-state index in [1.807, 2.05) is 32.1 Å². The maximum Gasteiger partial charge on any atom is 0.525 e. The molecular weight excluding hydrogens is 415 g/mol. The molecule has 0 aliphatic heterocycles. The lowest BCUT2D eigenvalue weighted by atomic mass is 9.72. The molecule has 0 aromatic heterocycles. The monoisotopic (exact) mass is 450 g/mol. The first-order chi connectivity index (χ1) is 14.4. The molecule has 172 valence electrons. The number of carbonyl (C=O) groups is 1. The highest BCUT2D eigenvalue weighted by molar-refractivity contribution is 7.46. The van der Waals surface area contributed by atoms with Crippen LogP contribution in [0.15, 0.2) is 70.6 Å². The average molecular weight is 451 g/mol. The van der Waals surface area contributed by atoms with Gasteiger partial charge in [-0.1, -0.05) is 60.9 Å². The van der Waals surface area contributed by atoms with Crippen LogP contribution in [0.4, 0.5) is 0 Å². The van der Waals surface area contributed by atoms with Crippen molar-refractivity contribution in [2.75, 3.05) is 6.61 Å². The molecule has 0 amide bonds. The molecule has 0 spiro atoms. The number of phosphoric acid groups is 1. The van der Waals surface area contributed by atoms with Crippen LogP contribution in [0.3, 0.4) is 0 Å². The summed E-state index contributed by atoms with van der Waals surface area (Å²) in [5.41, 5.74) is 5.12. The Kier molecular flexibility index (Phi) is 10.4. The normalized spacial score (nSPS) is 18.8. The minimum absolute atomic E-state index is 0.0397. The zero-order valence-electron chi connectivity index (χ0n) is 19.3. The summed E-state index contributed by atoms with van der Waals surface area (Å²) in [5.74, 6) is -1.46. The molecule has 6 nitrogen and oxygen atoms in total. The smallest absolute Gasteiger partial charge is 0.456 e. The van der Waals surface area contributed by atoms with Gasteiger partial charge in [-0.3, -0.25) is 9.79 Å². The van der Waals surface area contributed by atoms with Gasteiger partial charge >= 0.3 is 13.8 Å². The molecule has 0 aromatic rings. The molecule has 31 heavy (non-hydrogen) atoms. The van der Waals surface area contributed by atoms with Crippen molar-refractivity contribution >= 4 is 13.8 Å². The Morgan fingerprint density at radius 1 is 1.19 bits per heavy atom. The molecule has 1 rings (SSSR count). The Morgan fingerprint density at radius 2 is 1.87 bits per heavy atom. The number of carbonyl (C=O) groups excluding carboxylic acids is 1. The van der Waals surface area contributed by atoms with Crippen LogP contribution in [0.2, 0.25) is 0 Å². The highest BCUT2D eigenvalue weighted by Gasteiger charge is 2.26. The first-order valence-electron chi connectivity index (χ1n) is 10.3. The Balaban J connectivity index is 2.63. The topological polar surface area (TPSA) is 93.1 Å². The lowest BCUT2D eigenvalue weighted by Crippen LogP contribution is -2.19. The lowest BCUT2D eigenvalue weighted by molar-refractivity contribution is -0.140. The van der Waals surface area contributed by atoms with Gasteiger partial charge in [-0.05, 0) is 70.1 Å². The molecule has 0 fully saturated rings. The van der Waals surface area contributed by atoms with Crippen LogP contribution in [-0.2, 0) is 18.6 Å². The van der Waals surface area contributed by atoms with Gasteiger partial charge in [0.05, 0.1) is 0 Å². The summed E-state index contributed by atoms with van der Waals surface area (Å²) in [6.45, 7) is 12.1. The second-order valence-corrected chi connectivity index (χ2v) is 9.48. The molecule has 0 atom stereocenters. The zero-order chi connectivity index (χ0) is 23.7. The minimum atomic E-state index is -4.80. The summed E-state index contributed by atoms with van der Waals surface area (Å²) in [6.07, 6.45) is 16.7. The standard InChI is InChI=1S/C24H35O6P/c1-7-22(30-31(26,27)28)23(25)29-17-15-19(3)11-8-10-18(2)13-14-21-20(4)12-9-16-24(21,5)6/h7-8,10-11,13-15H,9,12,16-17H2,1-6H3,(H2,26,27,28)/b11-8+,14-13+,18-10+,19-15+,22-7+. The van der Waals surface area contributed by atoms with Crippen molar-refractivity contribution in [3.63, 3.8) is 0 Å². The number of ether oxygens (including phenoxy) is 1. The third-order valence-corrected chi connectivity index (χ3v) is 5.51. The molecule has 0 heterocycles. The van der Waals surface area contributed by atoms with Crippen molar-refractivity contribution in [3.05, 3.63) is 70.6 Å². The van der Waals surface area contributed by atoms with E-state index in [1.165, 1.54) is 37.3 Å². The lowest BCUT2D eigenvalue weighted by Gasteiger charge is -2.32. The van der Waals surface area contributed by atoms with Gasteiger partial charge in [0, 0.05) is 0 Å². The number of phosphoric ester groups is 1. The highest BCUT2D eigenvalue weighted by atomic mass is 31.2. The van der Waals surface area contributed by atoms with Crippen molar-refractivity contribution in [3.8, 4) is 0 Å². The number of esters is 1. The van der Waals surface area contributed by atoms with Crippen LogP contribution in [0.5, 0.6) is 0 Å². The summed E-state index contributed by atoms with van der Waals surface area (Å²) in [5, 5.41) is 0. The molecule has 1 aliphatic rings. The Morgan fingerprint density at radius 3 is 2.45 bits per heavy atom. The van der Waals surface area contributed by atoms with Crippen LogP contribution in [0.1, 0.15) is 60.8 Å². The quantitative estimate of drug-likeness (QED) is 0.145. The van der Waals surface area contributed by atoms with Gasteiger partial charge in [-0.25, -0.2) is 9.36 Å². The second-order valence-electron chi connectivity index (χ2n) is 8.32. The molecule has 0 unspecified atom stereocenters. The van der Waals surface area contributed by atoms with Crippen molar-refractivity contribution in [1.29, 1.82) is 0 Å². The summed E-state index contributed by atoms with van der Waals surface area (Å²) in [4.78, 5) is 29.3. The SMILES string of the molecule is C/C=C(/OP(=O)(O)O)C(=O)OC/C=C(C)/C=C/C=C(C)/C=C/C1=C(C)CCCC1(C)C. The van der Waals surface area contributed by atoms with Crippen LogP contribution >= 0.6 is 7.82 Å². The summed E-state index contributed by atoms with van der Waals surface area (Å²) >= 11 is 0. The Hall–Kier alpha value is -2.14. The number of allylic oxidation sites excluding steroid dienone is 10. The molecule has 0 radical (unpaired) electrons. The number of hydrogen-bond acceptors (Lipinski definition) is 4. The molecule has 0 saturated heterocycles. The summed E-state index contributed by atoms with van der Waals surface area (Å²) < 4.78 is 20.1. The second kappa shape index (κ2) is 12.0. The molecule has 2 N–H and O–H groups in total. The zero-order valence-corrected chi connectivity index (χ0v) is 20.2. The Labute approximate surface area is 186 Å². The van der Waals surface area contributed by atoms with E-state index in [-0.39, 0.29) is 12.0 Å². The van der Waals surface area contributed by atoms with Crippen molar-refractivity contribution in [1.82, 2.24) is 0 Å². The first-order valence-corrected chi connectivity index (χ1v) is 11.9. The molecule has 0 aromatic carbocycles. The van der Waals surface area contributed by atoms with Gasteiger partial charge in [0.2, 0.25) is 5.76 Å². The van der Waals surface area contributed by atoms with E-state index < -0.39 is 19.6 Å². The maximum absolute atomic E-state index is 11.8. The van der Waals surface area contributed by atoms with E-state index in [0.717, 1.165) is 17.2 Å². The molecule has 1 aliphatic carbocycles. The summed E-state index contributed by atoms with van der Waals surface area (Å²) in [6, 6.07) is 0. The van der Waals surface area contributed by atoms with E-state index in [2.05, 4.69) is 37.4 Å². The van der Waals surface area contributed by atoms with Crippen LogP contribution in [0.25, 0.3) is 0 Å². The molecular formula is C24H35O6P. The first kappa shape index (κ1) is 26.9. The predicted molar refractivity (Wildman–Crippen MR) is 124 cm³/mol. The van der Waals surface area contributed by atoms with Gasteiger partial charge in [0.15, 0.2) is 0 Å². The molecule has 7 heteroatoms. The molecule has 0 saturated carbocycles. The summed E-state index contributed by atoms with van der Waals surface area (Å²) in [7, 11) is -4.80. The van der Waals surface area contributed by atoms with E-state index in [9.17, 15) is 9.36 Å². The van der Waals surface area contributed by atoms with E-state index in [1.54, 1.807) is 6.08 Å². The van der Waals surface area contributed by atoms with Crippen LogP contribution in [0, 0.1) is 5.41 Å². The van der Waals surface area contributed by atoms with Crippen molar-refractivity contribution < 1.29 is 28.4 Å². The predicted octanol–water partition coefficient (Wildman–Crippen LogP) is 6.07.